The van der Waals surface area contributed by atoms with Crippen LogP contribution in [-0.2, 0) is 0 Å². The molecule has 6 nitrogen and oxygen atoms in total. The Bertz CT molecular complexity index is 992. The average molecular weight is 365 g/mol. The summed E-state index contributed by atoms with van der Waals surface area (Å²) >= 11 is 0. The molecule has 0 atom stereocenters. The van der Waals surface area contributed by atoms with Gasteiger partial charge in [0.2, 0.25) is 0 Å². The van der Waals surface area contributed by atoms with Gasteiger partial charge in [-0.2, -0.15) is 0 Å². The van der Waals surface area contributed by atoms with Crippen molar-refractivity contribution in [2.75, 3.05) is 20.2 Å². The molecule has 27 heavy (non-hydrogen) atoms. The van der Waals surface area contributed by atoms with E-state index in [1.165, 1.54) is 0 Å². The van der Waals surface area contributed by atoms with Gasteiger partial charge < -0.3 is 14.2 Å². The first-order valence-corrected chi connectivity index (χ1v) is 9.25. The molecule has 2 heterocycles. The Balaban J connectivity index is 1.51. The molecule has 0 radical (unpaired) electrons. The van der Waals surface area contributed by atoms with Crippen molar-refractivity contribution in [2.24, 2.45) is 0 Å². The summed E-state index contributed by atoms with van der Waals surface area (Å²) in [6, 6.07) is 9.77. The van der Waals surface area contributed by atoms with Gasteiger partial charge in [-0.25, -0.2) is 4.98 Å². The number of pyridine rings is 1. The van der Waals surface area contributed by atoms with E-state index in [1.807, 2.05) is 44.2 Å². The minimum absolute atomic E-state index is 0.0658. The Morgan fingerprint density at radius 3 is 2.81 bits per heavy atom. The van der Waals surface area contributed by atoms with Gasteiger partial charge in [0.25, 0.3) is 11.6 Å². The Labute approximate surface area is 158 Å². The van der Waals surface area contributed by atoms with Crippen molar-refractivity contribution in [3.63, 3.8) is 0 Å². The zero-order valence-electron chi connectivity index (χ0n) is 15.9. The van der Waals surface area contributed by atoms with Crippen LogP contribution in [0.5, 0.6) is 5.75 Å². The third-order valence-electron chi connectivity index (χ3n) is 4.99. The highest BCUT2D eigenvalue weighted by Gasteiger charge is 2.29. The molecule has 0 spiro atoms. The number of hydrogen-bond acceptors (Lipinski definition) is 5. The Morgan fingerprint density at radius 1 is 1.30 bits per heavy atom. The summed E-state index contributed by atoms with van der Waals surface area (Å²) in [4.78, 5) is 19.3. The molecule has 1 aliphatic rings. The number of rotatable bonds is 6. The van der Waals surface area contributed by atoms with E-state index in [2.05, 4.69) is 10.1 Å². The first kappa shape index (κ1) is 17.5. The number of amides is 1. The molecule has 4 rings (SSSR count). The van der Waals surface area contributed by atoms with Crippen LogP contribution in [0.2, 0.25) is 0 Å². The SMILES string of the molecule is Cc1ccccc1OCCN(C)C(=O)c1cc(C2CC2)nc2onc(C)c12. The quantitative estimate of drug-likeness (QED) is 0.663. The van der Waals surface area contributed by atoms with Crippen molar-refractivity contribution in [3.05, 3.63) is 52.8 Å². The van der Waals surface area contributed by atoms with Crippen molar-refractivity contribution in [2.45, 2.75) is 32.6 Å². The number of para-hydroxylation sites is 1. The topological polar surface area (TPSA) is 68.5 Å². The maximum Gasteiger partial charge on any atom is 0.259 e. The average Bonchev–Trinajstić information content (AvgIpc) is 3.45. The molecule has 1 aliphatic carbocycles. The molecule has 1 amide bonds. The molecule has 0 saturated heterocycles. The molecular weight excluding hydrogens is 342 g/mol. The zero-order chi connectivity index (χ0) is 19.0. The normalized spacial score (nSPS) is 13.7. The van der Waals surface area contributed by atoms with E-state index in [1.54, 1.807) is 11.9 Å². The Hall–Kier alpha value is -2.89. The first-order chi connectivity index (χ1) is 13.0. The van der Waals surface area contributed by atoms with Gasteiger partial charge in [-0.3, -0.25) is 4.79 Å². The van der Waals surface area contributed by atoms with E-state index in [-0.39, 0.29) is 5.91 Å². The molecule has 0 unspecified atom stereocenters. The van der Waals surface area contributed by atoms with Crippen LogP contribution in [0.4, 0.5) is 0 Å². The molecule has 6 heteroatoms. The summed E-state index contributed by atoms with van der Waals surface area (Å²) < 4.78 is 11.2. The van der Waals surface area contributed by atoms with Gasteiger partial charge in [-0.1, -0.05) is 23.4 Å². The van der Waals surface area contributed by atoms with E-state index < -0.39 is 0 Å². The van der Waals surface area contributed by atoms with Crippen LogP contribution in [0.3, 0.4) is 0 Å². The molecule has 1 saturated carbocycles. The Morgan fingerprint density at radius 2 is 2.07 bits per heavy atom. The number of hydrogen-bond donors (Lipinski definition) is 0. The number of carbonyl (C=O) groups is 1. The second-order valence-corrected chi connectivity index (χ2v) is 7.16. The predicted molar refractivity (Wildman–Crippen MR) is 102 cm³/mol. The van der Waals surface area contributed by atoms with Crippen molar-refractivity contribution in [1.82, 2.24) is 15.0 Å². The summed E-state index contributed by atoms with van der Waals surface area (Å²) in [6.45, 7) is 4.76. The fourth-order valence-electron chi connectivity index (χ4n) is 3.19. The summed E-state index contributed by atoms with van der Waals surface area (Å²) in [5.41, 5.74) is 3.75. The molecule has 1 aromatic carbocycles. The highest BCUT2D eigenvalue weighted by Crippen LogP contribution is 2.40. The molecule has 2 aromatic heterocycles. The van der Waals surface area contributed by atoms with Crippen LogP contribution in [0.25, 0.3) is 11.1 Å². The fraction of sp³-hybridized carbons (Fsp3) is 0.381. The van der Waals surface area contributed by atoms with E-state index >= 15 is 0 Å². The van der Waals surface area contributed by atoms with Gasteiger partial charge in [-0.15, -0.1) is 0 Å². The summed E-state index contributed by atoms with van der Waals surface area (Å²) in [5, 5.41) is 4.70. The maximum absolute atomic E-state index is 13.1. The van der Waals surface area contributed by atoms with Gasteiger partial charge in [0, 0.05) is 18.7 Å². The second kappa shape index (κ2) is 7.02. The lowest BCUT2D eigenvalue weighted by atomic mass is 10.1. The molecule has 140 valence electrons. The van der Waals surface area contributed by atoms with Gasteiger partial charge in [0.1, 0.15) is 12.4 Å². The fourth-order valence-corrected chi connectivity index (χ4v) is 3.19. The van der Waals surface area contributed by atoms with Gasteiger partial charge in [-0.05, 0) is 44.4 Å². The molecule has 0 aliphatic heterocycles. The molecule has 0 N–H and O–H groups in total. The van der Waals surface area contributed by atoms with Gasteiger partial charge >= 0.3 is 0 Å². The minimum atomic E-state index is -0.0658. The number of likely N-dealkylation sites (N-methyl/N-ethyl adjacent to an activating group) is 1. The zero-order valence-corrected chi connectivity index (χ0v) is 15.9. The lowest BCUT2D eigenvalue weighted by Gasteiger charge is -2.19. The third-order valence-corrected chi connectivity index (χ3v) is 4.99. The molecule has 1 fully saturated rings. The van der Waals surface area contributed by atoms with Crippen LogP contribution in [0.1, 0.15) is 46.1 Å². The molecular formula is C21H23N3O3. The standard InChI is InChI=1S/C21H23N3O3/c1-13-6-4-5-7-18(13)26-11-10-24(3)21(25)16-12-17(15-8-9-15)22-20-19(16)14(2)23-27-20/h4-7,12,15H,8-11H2,1-3H3. The van der Waals surface area contributed by atoms with Crippen LogP contribution in [-0.4, -0.2) is 41.1 Å². The number of aryl methyl sites for hydroxylation is 2. The lowest BCUT2D eigenvalue weighted by molar-refractivity contribution is 0.0775. The Kier molecular flexibility index (Phi) is 4.56. The number of nitrogens with zero attached hydrogens (tertiary/aromatic N) is 3. The van der Waals surface area contributed by atoms with E-state index in [0.717, 1.165) is 29.8 Å². The number of benzene rings is 1. The summed E-state index contributed by atoms with van der Waals surface area (Å²) in [6.07, 6.45) is 2.22. The van der Waals surface area contributed by atoms with Crippen molar-refractivity contribution >= 4 is 17.0 Å². The monoisotopic (exact) mass is 365 g/mol. The van der Waals surface area contributed by atoms with E-state index in [9.17, 15) is 4.79 Å². The van der Waals surface area contributed by atoms with Gasteiger partial charge in [0.05, 0.1) is 23.2 Å². The van der Waals surface area contributed by atoms with Crippen LogP contribution in [0, 0.1) is 13.8 Å². The largest absolute Gasteiger partial charge is 0.491 e. The smallest absolute Gasteiger partial charge is 0.259 e. The lowest BCUT2D eigenvalue weighted by Crippen LogP contribution is -2.31. The predicted octanol–water partition coefficient (Wildman–Crippen LogP) is 3.87. The third kappa shape index (κ3) is 3.52. The van der Waals surface area contributed by atoms with Crippen LogP contribution >= 0.6 is 0 Å². The first-order valence-electron chi connectivity index (χ1n) is 9.25. The van der Waals surface area contributed by atoms with E-state index in [0.29, 0.717) is 41.4 Å². The van der Waals surface area contributed by atoms with E-state index in [4.69, 9.17) is 9.26 Å². The summed E-state index contributed by atoms with van der Waals surface area (Å²) in [7, 11) is 1.79. The van der Waals surface area contributed by atoms with Crippen LogP contribution in [0.15, 0.2) is 34.9 Å². The van der Waals surface area contributed by atoms with Crippen molar-refractivity contribution < 1.29 is 14.1 Å². The number of aromatic nitrogens is 2. The second-order valence-electron chi connectivity index (χ2n) is 7.16. The maximum atomic E-state index is 13.1. The van der Waals surface area contributed by atoms with Crippen molar-refractivity contribution in [3.8, 4) is 5.75 Å². The number of fused-ring (bicyclic) bond motifs is 1. The number of ether oxygens (including phenoxy) is 1. The minimum Gasteiger partial charge on any atom is -0.491 e. The molecule has 3 aromatic rings. The van der Waals surface area contributed by atoms with Crippen LogP contribution < -0.4 is 4.74 Å². The van der Waals surface area contributed by atoms with Crippen molar-refractivity contribution in [1.29, 1.82) is 0 Å². The molecule has 0 bridgehead atoms. The van der Waals surface area contributed by atoms with Gasteiger partial charge in [0.15, 0.2) is 0 Å². The highest BCUT2D eigenvalue weighted by atomic mass is 16.5. The highest BCUT2D eigenvalue weighted by molar-refractivity contribution is 6.06. The summed E-state index contributed by atoms with van der Waals surface area (Å²) in [5.74, 6) is 1.21. The number of carbonyl (C=O) groups excluding carboxylic acids is 1.